The Kier molecular flexibility index (Phi) is 3.95. The van der Waals surface area contributed by atoms with Crippen molar-refractivity contribution < 1.29 is 0 Å². The van der Waals surface area contributed by atoms with Gasteiger partial charge in [0, 0.05) is 28.6 Å². The molecule has 0 atom stereocenters. The second kappa shape index (κ2) is 5.84. The topological polar surface area (TPSA) is 12.9 Å². The van der Waals surface area contributed by atoms with E-state index in [1.54, 1.807) is 12.3 Å². The molecule has 0 amide bonds. The molecule has 1 aromatic carbocycles. The summed E-state index contributed by atoms with van der Waals surface area (Å²) in [5.74, 6) is 6.33. The Morgan fingerprint density at radius 3 is 2.37 bits per heavy atom. The zero-order valence-corrected chi connectivity index (χ0v) is 11.0. The highest BCUT2D eigenvalue weighted by Gasteiger charge is 1.99. The first kappa shape index (κ1) is 12.9. The Morgan fingerprint density at radius 2 is 1.74 bits per heavy atom. The maximum atomic E-state index is 4.24. The molecular weight excluding hydrogens is 230 g/mol. The summed E-state index contributed by atoms with van der Waals surface area (Å²) >= 11 is 0. The molecule has 0 N–H and O–H groups in total. The first-order valence-corrected chi connectivity index (χ1v) is 6.07. The predicted molar refractivity (Wildman–Crippen MR) is 81.6 cm³/mol. The smallest absolute Gasteiger partial charge is 0.0457 e. The van der Waals surface area contributed by atoms with Gasteiger partial charge in [0.25, 0.3) is 0 Å². The van der Waals surface area contributed by atoms with Gasteiger partial charge >= 0.3 is 0 Å². The minimum absolute atomic E-state index is 0.948. The van der Waals surface area contributed by atoms with Gasteiger partial charge in [0.1, 0.15) is 0 Å². The Bertz CT molecular complexity index is 667. The van der Waals surface area contributed by atoms with Gasteiger partial charge in [-0.05, 0) is 30.7 Å². The third-order valence-corrected chi connectivity index (χ3v) is 2.88. The Balaban J connectivity index is 2.35. The Morgan fingerprint density at radius 1 is 1.00 bits per heavy atom. The van der Waals surface area contributed by atoms with Crippen LogP contribution in [0.3, 0.4) is 0 Å². The summed E-state index contributed by atoms with van der Waals surface area (Å²) in [6.45, 7) is 9.50. The van der Waals surface area contributed by atoms with Gasteiger partial charge in [0.05, 0.1) is 0 Å². The highest BCUT2D eigenvalue weighted by Crippen LogP contribution is 2.12. The van der Waals surface area contributed by atoms with E-state index in [4.69, 9.17) is 0 Å². The summed E-state index contributed by atoms with van der Waals surface area (Å²) < 4.78 is 0. The molecule has 1 heterocycles. The van der Waals surface area contributed by atoms with Gasteiger partial charge in [0.2, 0.25) is 0 Å². The van der Waals surface area contributed by atoms with Crippen molar-refractivity contribution in [2.24, 2.45) is 0 Å². The fraction of sp³-hybridized carbons (Fsp3) is 0.0556. The molecule has 0 aliphatic carbocycles. The molecule has 0 unspecified atom stereocenters. The zero-order chi connectivity index (χ0) is 13.7. The number of aryl methyl sites for hydroxylation is 1. The lowest BCUT2D eigenvalue weighted by Gasteiger charge is -2.01. The molecule has 0 radical (unpaired) electrons. The lowest BCUT2D eigenvalue weighted by molar-refractivity contribution is 1.18. The monoisotopic (exact) mass is 245 g/mol. The highest BCUT2D eigenvalue weighted by molar-refractivity contribution is 5.60. The number of benzene rings is 1. The summed E-state index contributed by atoms with van der Waals surface area (Å²) in [7, 11) is 0. The summed E-state index contributed by atoms with van der Waals surface area (Å²) in [6, 6.07) is 9.90. The van der Waals surface area contributed by atoms with Crippen LogP contribution in [-0.2, 0) is 0 Å². The van der Waals surface area contributed by atoms with E-state index in [1.165, 1.54) is 0 Å². The SMILES string of the molecule is C=Cc1ccc(C#Cc2ccnc(C)c2C=C)cc1. The minimum atomic E-state index is 0.948. The number of aromatic nitrogens is 1. The molecule has 1 nitrogen and oxygen atoms in total. The van der Waals surface area contributed by atoms with Crippen LogP contribution in [0.1, 0.15) is 27.9 Å². The maximum Gasteiger partial charge on any atom is 0.0457 e. The van der Waals surface area contributed by atoms with Crippen molar-refractivity contribution in [2.75, 3.05) is 0 Å². The van der Waals surface area contributed by atoms with Crippen LogP contribution in [0.4, 0.5) is 0 Å². The van der Waals surface area contributed by atoms with Gasteiger partial charge in [-0.25, -0.2) is 0 Å². The van der Waals surface area contributed by atoms with Crippen LogP contribution in [0, 0.1) is 18.8 Å². The number of nitrogens with zero attached hydrogens (tertiary/aromatic N) is 1. The van der Waals surface area contributed by atoms with E-state index in [0.717, 1.165) is 27.9 Å². The zero-order valence-electron chi connectivity index (χ0n) is 11.0. The lowest BCUT2D eigenvalue weighted by Crippen LogP contribution is -1.90. The average Bonchev–Trinajstić information content (AvgIpc) is 2.45. The summed E-state index contributed by atoms with van der Waals surface area (Å²) in [5, 5.41) is 0. The first-order valence-electron chi connectivity index (χ1n) is 6.07. The maximum absolute atomic E-state index is 4.24. The standard InChI is InChI=1S/C18H15N/c1-4-15-6-8-16(9-7-15)10-11-17-12-13-19-14(3)18(17)5-2/h4-9,12-13H,1-2H2,3H3. The molecule has 92 valence electrons. The Labute approximate surface area is 114 Å². The van der Waals surface area contributed by atoms with Crippen LogP contribution >= 0.6 is 0 Å². The van der Waals surface area contributed by atoms with Crippen molar-refractivity contribution in [3.05, 3.63) is 77.6 Å². The fourth-order valence-electron chi connectivity index (χ4n) is 1.79. The molecule has 2 aromatic rings. The molecule has 0 spiro atoms. The molecule has 1 aromatic heterocycles. The molecule has 2 rings (SSSR count). The molecule has 0 saturated heterocycles. The van der Waals surface area contributed by atoms with Gasteiger partial charge in [-0.2, -0.15) is 0 Å². The lowest BCUT2D eigenvalue weighted by atomic mass is 10.1. The second-order valence-corrected chi connectivity index (χ2v) is 4.14. The summed E-state index contributed by atoms with van der Waals surface area (Å²) in [5.41, 5.74) is 4.98. The minimum Gasteiger partial charge on any atom is -0.261 e. The number of hydrogen-bond acceptors (Lipinski definition) is 1. The van der Waals surface area contributed by atoms with E-state index < -0.39 is 0 Å². The summed E-state index contributed by atoms with van der Waals surface area (Å²) in [4.78, 5) is 4.24. The van der Waals surface area contributed by atoms with Crippen LogP contribution in [0.25, 0.3) is 12.2 Å². The molecule has 0 bridgehead atoms. The van der Waals surface area contributed by atoms with Gasteiger partial charge in [-0.15, -0.1) is 0 Å². The Hall–Kier alpha value is -2.59. The quantitative estimate of drug-likeness (QED) is 0.727. The van der Waals surface area contributed by atoms with Crippen LogP contribution in [0.15, 0.2) is 49.7 Å². The van der Waals surface area contributed by atoms with Gasteiger partial charge in [-0.1, -0.05) is 49.3 Å². The third-order valence-electron chi connectivity index (χ3n) is 2.88. The molecular formula is C18H15N. The number of hydrogen-bond donors (Lipinski definition) is 0. The summed E-state index contributed by atoms with van der Waals surface area (Å²) in [6.07, 6.45) is 5.39. The van der Waals surface area contributed by atoms with Crippen LogP contribution in [0.5, 0.6) is 0 Å². The molecule has 1 heteroatoms. The largest absolute Gasteiger partial charge is 0.261 e. The molecule has 0 aliphatic rings. The number of pyridine rings is 1. The van der Waals surface area contributed by atoms with Crippen molar-refractivity contribution in [3.8, 4) is 11.8 Å². The van der Waals surface area contributed by atoms with Crippen molar-refractivity contribution >= 4 is 12.2 Å². The van der Waals surface area contributed by atoms with E-state index in [1.807, 2.05) is 43.3 Å². The number of rotatable bonds is 2. The molecule has 0 aliphatic heterocycles. The van der Waals surface area contributed by atoms with Crippen LogP contribution < -0.4 is 0 Å². The van der Waals surface area contributed by atoms with Crippen molar-refractivity contribution in [2.45, 2.75) is 6.92 Å². The predicted octanol–water partition coefficient (Wildman–Crippen LogP) is 4.08. The highest BCUT2D eigenvalue weighted by atomic mass is 14.7. The van der Waals surface area contributed by atoms with Gasteiger partial charge < -0.3 is 0 Å². The van der Waals surface area contributed by atoms with E-state index in [9.17, 15) is 0 Å². The van der Waals surface area contributed by atoms with Gasteiger partial charge in [-0.3, -0.25) is 4.98 Å². The van der Waals surface area contributed by atoms with E-state index >= 15 is 0 Å². The average molecular weight is 245 g/mol. The van der Waals surface area contributed by atoms with E-state index in [0.29, 0.717) is 0 Å². The van der Waals surface area contributed by atoms with E-state index in [2.05, 4.69) is 30.0 Å². The van der Waals surface area contributed by atoms with Crippen LogP contribution in [0.2, 0.25) is 0 Å². The molecule has 19 heavy (non-hydrogen) atoms. The van der Waals surface area contributed by atoms with E-state index in [-0.39, 0.29) is 0 Å². The third kappa shape index (κ3) is 3.00. The van der Waals surface area contributed by atoms with Crippen molar-refractivity contribution in [3.63, 3.8) is 0 Å². The van der Waals surface area contributed by atoms with Gasteiger partial charge in [0.15, 0.2) is 0 Å². The second-order valence-electron chi connectivity index (χ2n) is 4.14. The fourth-order valence-corrected chi connectivity index (χ4v) is 1.79. The van der Waals surface area contributed by atoms with Crippen molar-refractivity contribution in [1.29, 1.82) is 0 Å². The molecule has 0 fully saturated rings. The van der Waals surface area contributed by atoms with Crippen molar-refractivity contribution in [1.82, 2.24) is 4.98 Å². The molecule has 0 saturated carbocycles. The van der Waals surface area contributed by atoms with Crippen LogP contribution in [-0.4, -0.2) is 4.98 Å². The normalized spacial score (nSPS) is 9.32. The first-order chi connectivity index (χ1) is 9.24.